The highest BCUT2D eigenvalue weighted by atomic mass is 16.5. The summed E-state index contributed by atoms with van der Waals surface area (Å²) in [6.45, 7) is 5.24. The topological polar surface area (TPSA) is 53.7 Å². The van der Waals surface area contributed by atoms with E-state index in [2.05, 4.69) is 19.1 Å². The van der Waals surface area contributed by atoms with Gasteiger partial charge in [-0.15, -0.1) is 0 Å². The largest absolute Gasteiger partial charge is 0.497 e. The lowest BCUT2D eigenvalue weighted by atomic mass is 9.90. The SMILES string of the molecule is CCOc1ccc(C)cc1C(CN)Cc1cc(OC)ccc1OC. The van der Waals surface area contributed by atoms with Gasteiger partial charge in [0.15, 0.2) is 0 Å². The van der Waals surface area contributed by atoms with Gasteiger partial charge in [-0.25, -0.2) is 0 Å². The Morgan fingerprint density at radius 2 is 1.75 bits per heavy atom. The molecule has 24 heavy (non-hydrogen) atoms. The van der Waals surface area contributed by atoms with Crippen molar-refractivity contribution in [2.24, 2.45) is 5.73 Å². The maximum Gasteiger partial charge on any atom is 0.122 e. The van der Waals surface area contributed by atoms with Crippen molar-refractivity contribution in [3.8, 4) is 17.2 Å². The van der Waals surface area contributed by atoms with Crippen LogP contribution in [-0.2, 0) is 6.42 Å². The van der Waals surface area contributed by atoms with E-state index in [0.29, 0.717) is 13.2 Å². The maximum absolute atomic E-state index is 6.10. The Labute approximate surface area is 144 Å². The summed E-state index contributed by atoms with van der Waals surface area (Å²) >= 11 is 0. The number of hydrogen-bond donors (Lipinski definition) is 1. The minimum atomic E-state index is 0.146. The molecule has 2 aromatic carbocycles. The fraction of sp³-hybridized carbons (Fsp3) is 0.400. The molecular formula is C20H27NO3. The van der Waals surface area contributed by atoms with Gasteiger partial charge in [0, 0.05) is 5.92 Å². The van der Waals surface area contributed by atoms with Crippen LogP contribution in [-0.4, -0.2) is 27.4 Å². The van der Waals surface area contributed by atoms with Crippen molar-refractivity contribution in [3.63, 3.8) is 0 Å². The summed E-state index contributed by atoms with van der Waals surface area (Å²) in [5, 5.41) is 0. The van der Waals surface area contributed by atoms with Crippen molar-refractivity contribution in [1.82, 2.24) is 0 Å². The van der Waals surface area contributed by atoms with Crippen LogP contribution in [0.3, 0.4) is 0 Å². The zero-order chi connectivity index (χ0) is 17.5. The minimum Gasteiger partial charge on any atom is -0.497 e. The summed E-state index contributed by atoms with van der Waals surface area (Å²) in [5.41, 5.74) is 9.52. The van der Waals surface area contributed by atoms with Gasteiger partial charge in [0.1, 0.15) is 17.2 Å². The van der Waals surface area contributed by atoms with Crippen LogP contribution in [0.5, 0.6) is 17.2 Å². The van der Waals surface area contributed by atoms with E-state index in [1.165, 1.54) is 5.56 Å². The van der Waals surface area contributed by atoms with Gasteiger partial charge in [-0.05, 0) is 62.2 Å². The van der Waals surface area contributed by atoms with Crippen molar-refractivity contribution in [3.05, 3.63) is 53.1 Å². The monoisotopic (exact) mass is 329 g/mol. The average Bonchev–Trinajstić information content (AvgIpc) is 2.61. The predicted molar refractivity (Wildman–Crippen MR) is 97.4 cm³/mol. The lowest BCUT2D eigenvalue weighted by molar-refractivity contribution is 0.333. The Morgan fingerprint density at radius 3 is 2.38 bits per heavy atom. The third-order valence-electron chi connectivity index (χ3n) is 4.14. The van der Waals surface area contributed by atoms with Gasteiger partial charge in [0.25, 0.3) is 0 Å². The molecule has 2 rings (SSSR count). The molecule has 2 N–H and O–H groups in total. The molecule has 4 heteroatoms. The third kappa shape index (κ3) is 4.20. The third-order valence-corrected chi connectivity index (χ3v) is 4.14. The molecular weight excluding hydrogens is 302 g/mol. The molecule has 4 nitrogen and oxygen atoms in total. The number of aryl methyl sites for hydroxylation is 1. The van der Waals surface area contributed by atoms with Crippen molar-refractivity contribution in [1.29, 1.82) is 0 Å². The smallest absolute Gasteiger partial charge is 0.122 e. The number of rotatable bonds is 8. The zero-order valence-electron chi connectivity index (χ0n) is 15.0. The Kier molecular flexibility index (Phi) is 6.50. The van der Waals surface area contributed by atoms with Crippen LogP contribution in [0.2, 0.25) is 0 Å². The van der Waals surface area contributed by atoms with E-state index in [9.17, 15) is 0 Å². The lowest BCUT2D eigenvalue weighted by Crippen LogP contribution is -2.17. The lowest BCUT2D eigenvalue weighted by Gasteiger charge is -2.21. The van der Waals surface area contributed by atoms with E-state index in [1.807, 2.05) is 31.2 Å². The van der Waals surface area contributed by atoms with Crippen LogP contribution in [0.1, 0.15) is 29.5 Å². The first-order chi connectivity index (χ1) is 11.6. The second-order valence-corrected chi connectivity index (χ2v) is 5.79. The molecule has 0 radical (unpaired) electrons. The predicted octanol–water partition coefficient (Wildman–Crippen LogP) is 3.70. The summed E-state index contributed by atoms with van der Waals surface area (Å²) in [7, 11) is 3.35. The van der Waals surface area contributed by atoms with Crippen LogP contribution < -0.4 is 19.9 Å². The van der Waals surface area contributed by atoms with Gasteiger partial charge in [-0.2, -0.15) is 0 Å². The number of ether oxygens (including phenoxy) is 3. The molecule has 0 saturated carbocycles. The molecule has 0 saturated heterocycles. The summed E-state index contributed by atoms with van der Waals surface area (Å²) in [4.78, 5) is 0. The standard InChI is InChI=1S/C20H27NO3/c1-5-24-20-8-6-14(2)10-18(20)16(13-21)11-15-12-17(22-3)7-9-19(15)23-4/h6-10,12,16H,5,11,13,21H2,1-4H3. The highest BCUT2D eigenvalue weighted by Crippen LogP contribution is 2.33. The van der Waals surface area contributed by atoms with E-state index in [1.54, 1.807) is 14.2 Å². The highest BCUT2D eigenvalue weighted by molar-refractivity contribution is 5.44. The van der Waals surface area contributed by atoms with Crippen LogP contribution in [0.4, 0.5) is 0 Å². The number of benzene rings is 2. The molecule has 2 aromatic rings. The van der Waals surface area contributed by atoms with E-state index in [4.69, 9.17) is 19.9 Å². The molecule has 130 valence electrons. The second-order valence-electron chi connectivity index (χ2n) is 5.79. The zero-order valence-corrected chi connectivity index (χ0v) is 15.0. The van der Waals surface area contributed by atoms with Crippen LogP contribution in [0.15, 0.2) is 36.4 Å². The van der Waals surface area contributed by atoms with Crippen molar-refractivity contribution in [2.45, 2.75) is 26.2 Å². The normalized spacial score (nSPS) is 11.9. The summed E-state index contributed by atoms with van der Waals surface area (Å²) in [6.07, 6.45) is 0.764. The van der Waals surface area contributed by atoms with Crippen LogP contribution >= 0.6 is 0 Å². The van der Waals surface area contributed by atoms with E-state index >= 15 is 0 Å². The van der Waals surface area contributed by atoms with Crippen molar-refractivity contribution >= 4 is 0 Å². The molecule has 0 fully saturated rings. The number of nitrogens with two attached hydrogens (primary N) is 1. The van der Waals surface area contributed by atoms with Gasteiger partial charge in [0.05, 0.1) is 20.8 Å². The van der Waals surface area contributed by atoms with E-state index in [0.717, 1.165) is 34.8 Å². The molecule has 0 spiro atoms. The van der Waals surface area contributed by atoms with Crippen LogP contribution in [0.25, 0.3) is 0 Å². The fourth-order valence-electron chi connectivity index (χ4n) is 2.90. The Hall–Kier alpha value is -2.20. The fourth-order valence-corrected chi connectivity index (χ4v) is 2.90. The Balaban J connectivity index is 2.38. The molecule has 0 aliphatic rings. The van der Waals surface area contributed by atoms with Gasteiger partial charge in [-0.3, -0.25) is 0 Å². The molecule has 0 amide bonds. The first-order valence-electron chi connectivity index (χ1n) is 8.27. The van der Waals surface area contributed by atoms with E-state index in [-0.39, 0.29) is 5.92 Å². The summed E-state index contributed by atoms with van der Waals surface area (Å²) < 4.78 is 16.6. The second kappa shape index (κ2) is 8.60. The molecule has 0 bridgehead atoms. The Morgan fingerprint density at radius 1 is 1.00 bits per heavy atom. The van der Waals surface area contributed by atoms with Crippen LogP contribution in [0, 0.1) is 6.92 Å². The molecule has 0 aliphatic carbocycles. The molecule has 0 aromatic heterocycles. The first kappa shape index (κ1) is 18.1. The van der Waals surface area contributed by atoms with Gasteiger partial charge >= 0.3 is 0 Å². The number of hydrogen-bond acceptors (Lipinski definition) is 4. The first-order valence-corrected chi connectivity index (χ1v) is 8.27. The highest BCUT2D eigenvalue weighted by Gasteiger charge is 2.18. The molecule has 1 unspecified atom stereocenters. The van der Waals surface area contributed by atoms with E-state index < -0.39 is 0 Å². The Bertz CT molecular complexity index is 670. The van der Waals surface area contributed by atoms with Crippen molar-refractivity contribution < 1.29 is 14.2 Å². The van der Waals surface area contributed by atoms with Gasteiger partial charge < -0.3 is 19.9 Å². The minimum absolute atomic E-state index is 0.146. The number of methoxy groups -OCH3 is 2. The van der Waals surface area contributed by atoms with Crippen molar-refractivity contribution in [2.75, 3.05) is 27.4 Å². The molecule has 0 aliphatic heterocycles. The summed E-state index contributed by atoms with van der Waals surface area (Å²) in [6, 6.07) is 12.1. The average molecular weight is 329 g/mol. The quantitative estimate of drug-likeness (QED) is 0.802. The van der Waals surface area contributed by atoms with Gasteiger partial charge in [-0.1, -0.05) is 17.7 Å². The van der Waals surface area contributed by atoms with Gasteiger partial charge in [0.2, 0.25) is 0 Å². The molecule has 0 heterocycles. The summed E-state index contributed by atoms with van der Waals surface area (Å²) in [5.74, 6) is 2.71. The maximum atomic E-state index is 6.10. The molecule has 1 atom stereocenters.